The Kier molecular flexibility index (Phi) is 4.93. The molecule has 1 aliphatic rings. The van der Waals surface area contributed by atoms with Gasteiger partial charge >= 0.3 is 0 Å². The maximum atomic E-state index is 12.2. The van der Waals surface area contributed by atoms with Crippen LogP contribution in [-0.2, 0) is 9.59 Å². The summed E-state index contributed by atoms with van der Waals surface area (Å²) in [6.45, 7) is 0. The van der Waals surface area contributed by atoms with E-state index in [2.05, 4.69) is 5.43 Å². The van der Waals surface area contributed by atoms with Crippen LogP contribution in [0.15, 0.2) is 41.3 Å². The second-order valence-corrected chi connectivity index (χ2v) is 7.56. The second kappa shape index (κ2) is 7.13. The van der Waals surface area contributed by atoms with E-state index in [4.69, 9.17) is 12.2 Å². The highest BCUT2D eigenvalue weighted by Crippen LogP contribution is 2.35. The third kappa shape index (κ3) is 3.60. The lowest BCUT2D eigenvalue weighted by Crippen LogP contribution is -2.40. The van der Waals surface area contributed by atoms with Gasteiger partial charge in [-0.2, -0.15) is 5.01 Å². The number of nitrogens with zero attached hydrogens (tertiary/aromatic N) is 2. The van der Waals surface area contributed by atoms with Crippen LogP contribution in [0.25, 0.3) is 16.5 Å². The zero-order chi connectivity index (χ0) is 18.0. The fourth-order valence-corrected chi connectivity index (χ4v) is 4.33. The van der Waals surface area contributed by atoms with Crippen LogP contribution < -0.4 is 5.43 Å². The molecular weight excluding hydrogens is 382 g/mol. The number of amides is 2. The van der Waals surface area contributed by atoms with Gasteiger partial charge in [0.1, 0.15) is 0 Å². The predicted octanol–water partition coefficient (Wildman–Crippen LogP) is 3.19. The zero-order valence-corrected chi connectivity index (χ0v) is 14.8. The molecule has 1 N–H and O–H groups in total. The SMILES string of the molecule is O=CNN1C(=O)/C(=C/c2ccc(-c3cccc([N+](=O)[O-])c3)s2)SC1=S. The van der Waals surface area contributed by atoms with Crippen molar-refractivity contribution >= 4 is 63.7 Å². The fraction of sp³-hybridized carbons (Fsp3) is 0. The lowest BCUT2D eigenvalue weighted by atomic mass is 10.2. The number of nitro benzene ring substituents is 1. The second-order valence-electron chi connectivity index (χ2n) is 4.77. The van der Waals surface area contributed by atoms with E-state index in [0.29, 0.717) is 11.3 Å². The molecule has 1 aliphatic heterocycles. The number of carbonyl (C=O) groups is 2. The predicted molar refractivity (Wildman–Crippen MR) is 101 cm³/mol. The van der Waals surface area contributed by atoms with Gasteiger partial charge in [0, 0.05) is 21.9 Å². The minimum absolute atomic E-state index is 0.0215. The average Bonchev–Trinajstić information content (AvgIpc) is 3.16. The molecule has 7 nitrogen and oxygen atoms in total. The molecule has 0 spiro atoms. The summed E-state index contributed by atoms with van der Waals surface area (Å²) in [6, 6.07) is 10.0. The Labute approximate surface area is 155 Å². The molecule has 0 saturated carbocycles. The molecule has 1 fully saturated rings. The van der Waals surface area contributed by atoms with Crippen molar-refractivity contribution in [3.05, 3.63) is 56.3 Å². The van der Waals surface area contributed by atoms with Gasteiger partial charge in [-0.1, -0.05) is 23.9 Å². The first-order valence-electron chi connectivity index (χ1n) is 6.82. The Balaban J connectivity index is 1.86. The lowest BCUT2D eigenvalue weighted by molar-refractivity contribution is -0.384. The van der Waals surface area contributed by atoms with E-state index in [1.807, 2.05) is 12.1 Å². The molecule has 10 heteroatoms. The lowest BCUT2D eigenvalue weighted by Gasteiger charge is -2.10. The van der Waals surface area contributed by atoms with Crippen LogP contribution in [0.2, 0.25) is 0 Å². The van der Waals surface area contributed by atoms with Gasteiger partial charge in [0.05, 0.1) is 9.83 Å². The summed E-state index contributed by atoms with van der Waals surface area (Å²) in [6.07, 6.45) is 2.07. The summed E-state index contributed by atoms with van der Waals surface area (Å²) in [5.74, 6) is -0.396. The van der Waals surface area contributed by atoms with Crippen LogP contribution in [0.4, 0.5) is 5.69 Å². The van der Waals surface area contributed by atoms with Crippen LogP contribution in [-0.4, -0.2) is 26.6 Å². The third-order valence-electron chi connectivity index (χ3n) is 3.22. The number of hydrazine groups is 1. The normalized spacial score (nSPS) is 15.7. The number of thiocarbonyl (C=S) groups is 1. The summed E-state index contributed by atoms with van der Waals surface area (Å²) in [5, 5.41) is 11.9. The van der Waals surface area contributed by atoms with E-state index < -0.39 is 10.8 Å². The molecule has 0 aliphatic carbocycles. The van der Waals surface area contributed by atoms with Gasteiger partial charge in [-0.15, -0.1) is 11.3 Å². The molecule has 1 aromatic carbocycles. The number of thiophene rings is 1. The minimum Gasteiger partial charge on any atom is -0.277 e. The molecule has 1 aromatic heterocycles. The molecule has 1 saturated heterocycles. The van der Waals surface area contributed by atoms with Crippen molar-refractivity contribution in [2.75, 3.05) is 0 Å². The number of hydrogen-bond donors (Lipinski definition) is 1. The van der Waals surface area contributed by atoms with E-state index in [0.717, 1.165) is 32.1 Å². The Bertz CT molecular complexity index is 922. The maximum absolute atomic E-state index is 12.2. The number of thioether (sulfide) groups is 1. The smallest absolute Gasteiger partial charge is 0.277 e. The Hall–Kier alpha value is -2.56. The van der Waals surface area contributed by atoms with Crippen LogP contribution in [0.1, 0.15) is 4.88 Å². The molecule has 0 radical (unpaired) electrons. The largest absolute Gasteiger partial charge is 0.285 e. The highest BCUT2D eigenvalue weighted by Gasteiger charge is 2.32. The maximum Gasteiger partial charge on any atom is 0.285 e. The standard InChI is InChI=1S/C15H9N3O4S3/c19-8-16-17-14(20)13(25-15(17)23)7-11-4-5-12(24-11)9-2-1-3-10(6-9)18(21)22/h1-8H,(H,16,19)/b13-7-. The van der Waals surface area contributed by atoms with Gasteiger partial charge in [-0.3, -0.25) is 25.1 Å². The van der Waals surface area contributed by atoms with Crippen molar-refractivity contribution in [1.29, 1.82) is 0 Å². The van der Waals surface area contributed by atoms with Gasteiger partial charge in [0.25, 0.3) is 11.6 Å². The molecule has 2 aromatic rings. The molecule has 25 heavy (non-hydrogen) atoms. The summed E-state index contributed by atoms with van der Waals surface area (Å²) in [4.78, 5) is 35.2. The van der Waals surface area contributed by atoms with Crippen LogP contribution in [0.5, 0.6) is 0 Å². The highest BCUT2D eigenvalue weighted by atomic mass is 32.2. The van der Waals surface area contributed by atoms with Crippen LogP contribution in [0, 0.1) is 10.1 Å². The van der Waals surface area contributed by atoms with Gasteiger partial charge < -0.3 is 0 Å². The first-order chi connectivity index (χ1) is 12.0. The van der Waals surface area contributed by atoms with Gasteiger partial charge in [0.15, 0.2) is 4.32 Å². The van der Waals surface area contributed by atoms with Crippen molar-refractivity contribution in [3.8, 4) is 10.4 Å². The van der Waals surface area contributed by atoms with Crippen LogP contribution >= 0.6 is 35.3 Å². The number of hydrogen-bond acceptors (Lipinski definition) is 7. The van der Waals surface area contributed by atoms with E-state index in [-0.39, 0.29) is 10.0 Å². The first-order valence-corrected chi connectivity index (χ1v) is 8.86. The Morgan fingerprint density at radius 3 is 2.80 bits per heavy atom. The molecule has 2 heterocycles. The number of non-ortho nitro benzene ring substituents is 1. The summed E-state index contributed by atoms with van der Waals surface area (Å²) >= 11 is 7.53. The number of nitrogens with one attached hydrogen (secondary N) is 1. The molecule has 2 amide bonds. The van der Waals surface area contributed by atoms with E-state index >= 15 is 0 Å². The molecular formula is C15H9N3O4S3. The number of rotatable bonds is 5. The summed E-state index contributed by atoms with van der Waals surface area (Å²) in [7, 11) is 0. The average molecular weight is 391 g/mol. The highest BCUT2D eigenvalue weighted by molar-refractivity contribution is 8.26. The van der Waals surface area contributed by atoms with Crippen molar-refractivity contribution < 1.29 is 14.5 Å². The van der Waals surface area contributed by atoms with Crippen LogP contribution in [0.3, 0.4) is 0 Å². The molecule has 3 rings (SSSR count). The van der Waals surface area contributed by atoms with E-state index in [1.54, 1.807) is 18.2 Å². The van der Waals surface area contributed by atoms with Gasteiger partial charge in [-0.25, -0.2) is 0 Å². The minimum atomic E-state index is -0.441. The number of carbonyl (C=O) groups excluding carboxylic acids is 2. The van der Waals surface area contributed by atoms with Crippen molar-refractivity contribution in [2.45, 2.75) is 0 Å². The first kappa shape index (κ1) is 17.3. The fourth-order valence-electron chi connectivity index (χ4n) is 2.12. The Morgan fingerprint density at radius 1 is 1.28 bits per heavy atom. The van der Waals surface area contributed by atoms with E-state index in [1.165, 1.54) is 23.5 Å². The molecule has 0 unspecified atom stereocenters. The molecule has 0 atom stereocenters. The van der Waals surface area contributed by atoms with Crippen molar-refractivity contribution in [3.63, 3.8) is 0 Å². The summed E-state index contributed by atoms with van der Waals surface area (Å²) < 4.78 is 0.249. The zero-order valence-electron chi connectivity index (χ0n) is 12.4. The Morgan fingerprint density at radius 2 is 2.08 bits per heavy atom. The van der Waals surface area contributed by atoms with E-state index in [9.17, 15) is 19.7 Å². The number of benzene rings is 1. The topological polar surface area (TPSA) is 92.6 Å². The molecule has 0 bridgehead atoms. The molecule has 126 valence electrons. The third-order valence-corrected chi connectivity index (χ3v) is 5.60. The number of nitro groups is 1. The van der Waals surface area contributed by atoms with Crippen molar-refractivity contribution in [2.24, 2.45) is 0 Å². The summed E-state index contributed by atoms with van der Waals surface area (Å²) in [5.41, 5.74) is 3.00. The van der Waals surface area contributed by atoms with Gasteiger partial charge in [-0.05, 0) is 36.0 Å². The van der Waals surface area contributed by atoms with Gasteiger partial charge in [0.2, 0.25) is 6.41 Å². The quantitative estimate of drug-likeness (QED) is 0.277. The monoisotopic (exact) mass is 391 g/mol. The van der Waals surface area contributed by atoms with Crippen molar-refractivity contribution in [1.82, 2.24) is 10.4 Å².